The quantitative estimate of drug-likeness (QED) is 0.530. The van der Waals surface area contributed by atoms with Gasteiger partial charge in [0.25, 0.3) is 11.8 Å². The molecular formula is C17H20BrN3O5. The molecule has 0 spiro atoms. The van der Waals surface area contributed by atoms with E-state index in [0.717, 1.165) is 14.9 Å². The van der Waals surface area contributed by atoms with Gasteiger partial charge in [-0.2, -0.15) is 0 Å². The Kier molecular flexibility index (Phi) is 6.01. The zero-order chi connectivity index (χ0) is 19.5. The lowest BCUT2D eigenvalue weighted by molar-refractivity contribution is -0.151. The highest BCUT2D eigenvalue weighted by molar-refractivity contribution is 9.10. The van der Waals surface area contributed by atoms with Gasteiger partial charge in [0.05, 0.1) is 6.04 Å². The molecule has 1 aliphatic heterocycles. The summed E-state index contributed by atoms with van der Waals surface area (Å²) in [7, 11) is 0. The van der Waals surface area contributed by atoms with Gasteiger partial charge in [-0.3, -0.25) is 19.3 Å². The summed E-state index contributed by atoms with van der Waals surface area (Å²) in [6.45, 7) is 3.85. The summed E-state index contributed by atoms with van der Waals surface area (Å²) in [6.07, 6.45) is 0. The van der Waals surface area contributed by atoms with Crippen molar-refractivity contribution < 1.29 is 23.9 Å². The lowest BCUT2D eigenvalue weighted by Gasteiger charge is -2.16. The first-order valence-corrected chi connectivity index (χ1v) is 8.74. The van der Waals surface area contributed by atoms with Crippen molar-refractivity contribution in [2.75, 3.05) is 13.2 Å². The average Bonchev–Trinajstić information content (AvgIpc) is 2.75. The van der Waals surface area contributed by atoms with Crippen LogP contribution in [0.15, 0.2) is 28.7 Å². The largest absolute Gasteiger partial charge is 0.454 e. The van der Waals surface area contributed by atoms with Crippen LogP contribution in [0.5, 0.6) is 0 Å². The van der Waals surface area contributed by atoms with Crippen LogP contribution in [0.4, 0.5) is 4.79 Å². The normalized spacial score (nSPS) is 16.8. The fraction of sp³-hybridized carbons (Fsp3) is 0.412. The van der Waals surface area contributed by atoms with Crippen LogP contribution in [0.3, 0.4) is 0 Å². The number of hydrogen-bond acceptors (Lipinski definition) is 5. The molecule has 1 aromatic rings. The topological polar surface area (TPSA) is 105 Å². The minimum Gasteiger partial charge on any atom is -0.454 e. The summed E-state index contributed by atoms with van der Waals surface area (Å²) < 4.78 is 5.78. The number of esters is 1. The lowest BCUT2D eigenvalue weighted by Crippen LogP contribution is -2.41. The van der Waals surface area contributed by atoms with Gasteiger partial charge in [0, 0.05) is 4.47 Å². The Morgan fingerprint density at radius 1 is 1.27 bits per heavy atom. The third kappa shape index (κ3) is 4.81. The minimum atomic E-state index is -1.06. The van der Waals surface area contributed by atoms with E-state index in [-0.39, 0.29) is 6.04 Å². The van der Waals surface area contributed by atoms with Crippen LogP contribution in [0, 0.1) is 0 Å². The SMILES string of the molecule is CC(NC(=O)COC(=O)CN1C(=O)NC(C)(C)C1=O)c1ccc(Br)cc1. The lowest BCUT2D eigenvalue weighted by atomic mass is 10.1. The van der Waals surface area contributed by atoms with Gasteiger partial charge in [-0.15, -0.1) is 0 Å². The molecule has 0 radical (unpaired) electrons. The molecule has 2 N–H and O–H groups in total. The van der Waals surface area contributed by atoms with E-state index in [0.29, 0.717) is 0 Å². The number of hydrogen-bond donors (Lipinski definition) is 2. The summed E-state index contributed by atoms with van der Waals surface area (Å²) >= 11 is 3.34. The zero-order valence-electron chi connectivity index (χ0n) is 14.7. The van der Waals surface area contributed by atoms with Crippen molar-refractivity contribution in [2.45, 2.75) is 32.4 Å². The molecular weight excluding hydrogens is 406 g/mol. The number of nitrogens with one attached hydrogen (secondary N) is 2. The number of imide groups is 1. The van der Waals surface area contributed by atoms with Gasteiger partial charge < -0.3 is 15.4 Å². The number of nitrogens with zero attached hydrogens (tertiary/aromatic N) is 1. The van der Waals surface area contributed by atoms with Gasteiger partial charge in [0.15, 0.2) is 6.61 Å². The first-order chi connectivity index (χ1) is 12.1. The maximum absolute atomic E-state index is 12.0. The molecule has 9 heteroatoms. The van der Waals surface area contributed by atoms with Crippen LogP contribution < -0.4 is 10.6 Å². The van der Waals surface area contributed by atoms with Crippen LogP contribution >= 0.6 is 15.9 Å². The smallest absolute Gasteiger partial charge is 0.326 e. The third-order valence-corrected chi connectivity index (χ3v) is 4.37. The Hall–Kier alpha value is -2.42. The number of urea groups is 1. The number of halogens is 1. The molecule has 1 atom stereocenters. The van der Waals surface area contributed by atoms with Crippen LogP contribution in [0.2, 0.25) is 0 Å². The fourth-order valence-electron chi connectivity index (χ4n) is 2.40. The van der Waals surface area contributed by atoms with Crippen molar-refractivity contribution in [3.8, 4) is 0 Å². The summed E-state index contributed by atoms with van der Waals surface area (Å²) in [5.74, 6) is -1.84. The van der Waals surface area contributed by atoms with Gasteiger partial charge in [0.1, 0.15) is 12.1 Å². The Balaban J connectivity index is 1.80. The summed E-state index contributed by atoms with van der Waals surface area (Å²) in [4.78, 5) is 48.2. The second-order valence-corrected chi connectivity index (χ2v) is 7.36. The van der Waals surface area contributed by atoms with Crippen molar-refractivity contribution in [2.24, 2.45) is 0 Å². The number of rotatable bonds is 6. The highest BCUT2D eigenvalue weighted by Gasteiger charge is 2.45. The molecule has 4 amide bonds. The van der Waals surface area contributed by atoms with Crippen molar-refractivity contribution in [3.05, 3.63) is 34.3 Å². The summed E-state index contributed by atoms with van der Waals surface area (Å²) in [5, 5.41) is 5.16. The molecule has 0 aliphatic carbocycles. The van der Waals surface area contributed by atoms with Crippen LogP contribution in [-0.4, -0.2) is 47.4 Å². The van der Waals surface area contributed by atoms with E-state index >= 15 is 0 Å². The van der Waals surface area contributed by atoms with Gasteiger partial charge >= 0.3 is 12.0 Å². The first kappa shape index (κ1) is 19.9. The first-order valence-electron chi connectivity index (χ1n) is 7.94. The molecule has 1 fully saturated rings. The minimum absolute atomic E-state index is 0.263. The van der Waals surface area contributed by atoms with Crippen LogP contribution in [-0.2, 0) is 19.1 Å². The molecule has 0 aromatic heterocycles. The van der Waals surface area contributed by atoms with Crippen molar-refractivity contribution >= 4 is 39.7 Å². The van der Waals surface area contributed by atoms with E-state index in [1.165, 1.54) is 13.8 Å². The molecule has 2 rings (SSSR count). The van der Waals surface area contributed by atoms with E-state index in [1.807, 2.05) is 24.3 Å². The predicted molar refractivity (Wildman–Crippen MR) is 96.0 cm³/mol. The predicted octanol–water partition coefficient (Wildman–Crippen LogP) is 1.50. The molecule has 26 heavy (non-hydrogen) atoms. The Morgan fingerprint density at radius 2 is 1.88 bits per heavy atom. The number of benzene rings is 1. The van der Waals surface area contributed by atoms with Crippen LogP contribution in [0.1, 0.15) is 32.4 Å². The van der Waals surface area contributed by atoms with E-state index in [4.69, 9.17) is 4.74 Å². The van der Waals surface area contributed by atoms with E-state index in [1.54, 1.807) is 6.92 Å². The molecule has 1 aliphatic rings. The van der Waals surface area contributed by atoms with Crippen LogP contribution in [0.25, 0.3) is 0 Å². The maximum Gasteiger partial charge on any atom is 0.326 e. The Bertz CT molecular complexity index is 732. The summed E-state index contributed by atoms with van der Waals surface area (Å²) in [6, 6.07) is 6.52. The van der Waals surface area contributed by atoms with E-state index < -0.39 is 42.5 Å². The fourth-order valence-corrected chi connectivity index (χ4v) is 2.66. The molecule has 0 bridgehead atoms. The number of carbonyl (C=O) groups is 4. The second-order valence-electron chi connectivity index (χ2n) is 6.45. The summed E-state index contributed by atoms with van der Waals surface area (Å²) in [5.41, 5.74) is -0.163. The van der Waals surface area contributed by atoms with Crippen molar-refractivity contribution in [3.63, 3.8) is 0 Å². The number of amides is 4. The Labute approximate surface area is 159 Å². The molecule has 8 nitrogen and oxygen atoms in total. The van der Waals surface area contributed by atoms with Crippen molar-refractivity contribution in [1.29, 1.82) is 0 Å². The molecule has 1 heterocycles. The third-order valence-electron chi connectivity index (χ3n) is 3.84. The molecule has 1 aromatic carbocycles. The standard InChI is InChI=1S/C17H20BrN3O5/c1-10(11-4-6-12(18)7-5-11)19-13(22)9-26-14(23)8-21-15(24)17(2,3)20-16(21)25/h4-7,10H,8-9H2,1-3H3,(H,19,22)(H,20,25). The molecule has 1 unspecified atom stereocenters. The number of ether oxygens (including phenoxy) is 1. The highest BCUT2D eigenvalue weighted by atomic mass is 79.9. The number of carbonyl (C=O) groups excluding carboxylic acids is 4. The monoisotopic (exact) mass is 425 g/mol. The van der Waals surface area contributed by atoms with Gasteiger partial charge in [-0.25, -0.2) is 4.79 Å². The molecule has 0 saturated carbocycles. The van der Waals surface area contributed by atoms with Gasteiger partial charge in [-0.05, 0) is 38.5 Å². The van der Waals surface area contributed by atoms with Crippen molar-refractivity contribution in [1.82, 2.24) is 15.5 Å². The molecule has 1 saturated heterocycles. The Morgan fingerprint density at radius 3 is 2.42 bits per heavy atom. The molecule has 140 valence electrons. The van der Waals surface area contributed by atoms with Gasteiger partial charge in [0.2, 0.25) is 0 Å². The average molecular weight is 426 g/mol. The van der Waals surface area contributed by atoms with E-state index in [9.17, 15) is 19.2 Å². The highest BCUT2D eigenvalue weighted by Crippen LogP contribution is 2.17. The van der Waals surface area contributed by atoms with Gasteiger partial charge in [-0.1, -0.05) is 28.1 Å². The zero-order valence-corrected chi connectivity index (χ0v) is 16.3. The van der Waals surface area contributed by atoms with E-state index in [2.05, 4.69) is 26.6 Å². The maximum atomic E-state index is 12.0. The second kappa shape index (κ2) is 7.86.